The molecule has 0 N–H and O–H groups in total. The van der Waals surface area contributed by atoms with E-state index in [2.05, 4.69) is 40.8 Å². The maximum atomic E-state index is 12.4. The molecule has 0 aromatic heterocycles. The maximum absolute atomic E-state index is 12.4. The molecule has 1 heterocycles. The van der Waals surface area contributed by atoms with E-state index in [1.54, 1.807) is 13.8 Å². The van der Waals surface area contributed by atoms with Gasteiger partial charge in [-0.3, -0.25) is 0 Å². The molecule has 180 valence electrons. The average Bonchev–Trinajstić information content (AvgIpc) is 2.84. The highest BCUT2D eigenvalue weighted by Crippen LogP contribution is 2.49. The first-order chi connectivity index (χ1) is 14.7. The van der Waals surface area contributed by atoms with Gasteiger partial charge < -0.3 is 18.6 Å². The highest BCUT2D eigenvalue weighted by Gasteiger charge is 2.61. The van der Waals surface area contributed by atoms with E-state index in [9.17, 15) is 4.79 Å². The summed E-state index contributed by atoms with van der Waals surface area (Å²) >= 11 is 0. The highest BCUT2D eigenvalue weighted by atomic mass is 28.4. The van der Waals surface area contributed by atoms with Gasteiger partial charge in [-0.15, -0.1) is 0 Å². The number of esters is 1. The summed E-state index contributed by atoms with van der Waals surface area (Å²) in [7, 11) is -2.14. The minimum absolute atomic E-state index is 0.0371. The van der Waals surface area contributed by atoms with E-state index in [4.69, 9.17) is 18.6 Å². The van der Waals surface area contributed by atoms with Gasteiger partial charge in [0, 0.05) is 5.57 Å². The van der Waals surface area contributed by atoms with E-state index < -0.39 is 25.6 Å². The van der Waals surface area contributed by atoms with Crippen molar-refractivity contribution < 1.29 is 23.4 Å². The third-order valence-electron chi connectivity index (χ3n) is 6.92. The van der Waals surface area contributed by atoms with E-state index in [-0.39, 0.29) is 17.1 Å². The average molecular weight is 463 g/mol. The normalized spacial score (nSPS) is 29.2. The largest absolute Gasteiger partial charge is 0.463 e. The van der Waals surface area contributed by atoms with Gasteiger partial charge in [0.25, 0.3) is 0 Å². The van der Waals surface area contributed by atoms with E-state index in [1.165, 1.54) is 0 Å². The van der Waals surface area contributed by atoms with Crippen LogP contribution in [0, 0.1) is 0 Å². The summed E-state index contributed by atoms with van der Waals surface area (Å²) in [6.45, 7) is 21.6. The number of hydrogen-bond acceptors (Lipinski definition) is 5. The Morgan fingerprint density at radius 2 is 1.78 bits per heavy atom. The highest BCUT2D eigenvalue weighted by molar-refractivity contribution is 6.74. The lowest BCUT2D eigenvalue weighted by Crippen LogP contribution is -2.58. The van der Waals surface area contributed by atoms with Crippen LogP contribution in [0.1, 0.15) is 61.0 Å². The van der Waals surface area contributed by atoms with Crippen molar-refractivity contribution in [1.82, 2.24) is 0 Å². The van der Waals surface area contributed by atoms with E-state index in [0.717, 1.165) is 5.56 Å². The molecular weight excluding hydrogens is 420 g/mol. The van der Waals surface area contributed by atoms with Crippen LogP contribution in [0.25, 0.3) is 0 Å². The Bertz CT molecular complexity index is 813. The fraction of sp³-hybridized carbons (Fsp3) is 0.654. The lowest BCUT2D eigenvalue weighted by Gasteiger charge is -2.46. The number of benzene rings is 1. The first-order valence-electron chi connectivity index (χ1n) is 11.6. The first kappa shape index (κ1) is 26.8. The molecule has 1 fully saturated rings. The van der Waals surface area contributed by atoms with Gasteiger partial charge in [-0.2, -0.15) is 0 Å². The van der Waals surface area contributed by atoms with Crippen molar-refractivity contribution in [1.29, 1.82) is 0 Å². The third-order valence-corrected chi connectivity index (χ3v) is 11.5. The van der Waals surface area contributed by atoms with E-state index in [0.29, 0.717) is 18.8 Å². The summed E-state index contributed by atoms with van der Waals surface area (Å²) in [5, 5.41) is 0.0371. The lowest BCUT2D eigenvalue weighted by atomic mass is 9.85. The van der Waals surface area contributed by atoms with Gasteiger partial charge in [-0.25, -0.2) is 4.79 Å². The van der Waals surface area contributed by atoms with Crippen molar-refractivity contribution in [2.24, 2.45) is 0 Å². The Kier molecular flexibility index (Phi) is 8.20. The second-order valence-corrected chi connectivity index (χ2v) is 15.4. The van der Waals surface area contributed by atoms with Gasteiger partial charge in [0.15, 0.2) is 8.32 Å². The van der Waals surface area contributed by atoms with Crippen LogP contribution >= 0.6 is 0 Å². The monoisotopic (exact) mass is 462 g/mol. The predicted octanol–water partition coefficient (Wildman–Crippen LogP) is 6.04. The van der Waals surface area contributed by atoms with Crippen LogP contribution in [0.3, 0.4) is 0 Å². The Morgan fingerprint density at radius 3 is 2.31 bits per heavy atom. The van der Waals surface area contributed by atoms with Crippen LogP contribution in [0.15, 0.2) is 42.0 Å². The topological polar surface area (TPSA) is 54.0 Å². The zero-order valence-corrected chi connectivity index (χ0v) is 22.6. The van der Waals surface area contributed by atoms with Crippen molar-refractivity contribution in [2.45, 2.75) is 104 Å². The molecule has 6 heteroatoms. The second kappa shape index (κ2) is 9.80. The predicted molar refractivity (Wildman–Crippen MR) is 131 cm³/mol. The number of hydrogen-bond donors (Lipinski definition) is 0. The van der Waals surface area contributed by atoms with Crippen LogP contribution in [-0.2, 0) is 30.0 Å². The van der Waals surface area contributed by atoms with Crippen LogP contribution < -0.4 is 0 Å². The molecule has 32 heavy (non-hydrogen) atoms. The minimum Gasteiger partial charge on any atom is -0.463 e. The summed E-state index contributed by atoms with van der Waals surface area (Å²) < 4.78 is 25.3. The van der Waals surface area contributed by atoms with Crippen LogP contribution in [0.5, 0.6) is 0 Å². The van der Waals surface area contributed by atoms with E-state index in [1.807, 2.05) is 50.3 Å². The summed E-state index contributed by atoms with van der Waals surface area (Å²) in [6.07, 6.45) is 1.20. The Balaban J connectivity index is 2.47. The molecule has 0 bridgehead atoms. The van der Waals surface area contributed by atoms with Gasteiger partial charge >= 0.3 is 5.97 Å². The molecule has 1 aromatic rings. The second-order valence-electron chi connectivity index (χ2n) is 10.7. The molecule has 0 unspecified atom stereocenters. The van der Waals surface area contributed by atoms with Crippen molar-refractivity contribution in [3.8, 4) is 0 Å². The molecular formula is C26H42O5Si. The fourth-order valence-corrected chi connectivity index (χ4v) is 5.79. The molecule has 4 atom stereocenters. The number of carbonyl (C=O) groups excluding carboxylic acids is 1. The standard InChI is InChI=1S/C26H42O5Si/c1-11-28-22(27)19(2)17-25(7)23(29-18-21-15-13-12-14-16-21)26(8,20(3)30-25)31-32(9,10)24(4,5)6/h12-17,20,23H,11,18H2,1-10H3/b19-17+/t20-,23-,25+,26-/m1/s1. The summed E-state index contributed by atoms with van der Waals surface area (Å²) in [6, 6.07) is 10.1. The van der Waals surface area contributed by atoms with Gasteiger partial charge in [-0.05, 0) is 64.4 Å². The smallest absolute Gasteiger partial charge is 0.333 e. The van der Waals surface area contributed by atoms with Crippen molar-refractivity contribution >= 4 is 14.3 Å². The molecule has 0 spiro atoms. The molecule has 1 aromatic carbocycles. The van der Waals surface area contributed by atoms with Gasteiger partial charge in [0.1, 0.15) is 17.3 Å². The Labute approximate surface area is 195 Å². The van der Waals surface area contributed by atoms with Gasteiger partial charge in [0.2, 0.25) is 0 Å². The fourth-order valence-electron chi connectivity index (χ4n) is 4.11. The molecule has 5 nitrogen and oxygen atoms in total. The van der Waals surface area contributed by atoms with Crippen molar-refractivity contribution in [3.05, 3.63) is 47.5 Å². The number of ether oxygens (including phenoxy) is 3. The lowest BCUT2D eigenvalue weighted by molar-refractivity contribution is -0.138. The molecule has 0 amide bonds. The molecule has 0 saturated carbocycles. The molecule has 1 aliphatic rings. The first-order valence-corrected chi connectivity index (χ1v) is 14.5. The summed E-state index contributed by atoms with van der Waals surface area (Å²) in [5.74, 6) is -0.342. The molecule has 1 aliphatic heterocycles. The van der Waals surface area contributed by atoms with Crippen molar-refractivity contribution in [2.75, 3.05) is 6.61 Å². The van der Waals surface area contributed by atoms with Crippen LogP contribution in [-0.4, -0.2) is 44.3 Å². The summed E-state index contributed by atoms with van der Waals surface area (Å²) in [4.78, 5) is 12.4. The third kappa shape index (κ3) is 5.71. The molecule has 2 rings (SSSR count). The van der Waals surface area contributed by atoms with Gasteiger partial charge in [-0.1, -0.05) is 51.1 Å². The number of rotatable bonds is 8. The SMILES string of the molecule is CCOC(=O)/C(C)=C/[C@]1(C)O[C@H](C)[C@@](C)(O[Si](C)(C)C(C)(C)C)[C@@H]1OCc1ccccc1. The maximum Gasteiger partial charge on any atom is 0.333 e. The minimum atomic E-state index is -2.14. The molecule has 0 aliphatic carbocycles. The number of carbonyl (C=O) groups is 1. The zero-order chi connectivity index (χ0) is 24.4. The van der Waals surface area contributed by atoms with Crippen LogP contribution in [0.2, 0.25) is 18.1 Å². The molecule has 0 radical (unpaired) electrons. The molecule has 1 saturated heterocycles. The Morgan fingerprint density at radius 1 is 1.19 bits per heavy atom. The van der Waals surface area contributed by atoms with Gasteiger partial charge in [0.05, 0.1) is 19.3 Å². The zero-order valence-electron chi connectivity index (χ0n) is 21.6. The Hall–Kier alpha value is -1.47. The quantitative estimate of drug-likeness (QED) is 0.268. The van der Waals surface area contributed by atoms with Crippen LogP contribution in [0.4, 0.5) is 0 Å². The van der Waals surface area contributed by atoms with E-state index >= 15 is 0 Å². The van der Waals surface area contributed by atoms with Crippen molar-refractivity contribution in [3.63, 3.8) is 0 Å². The summed E-state index contributed by atoms with van der Waals surface area (Å²) in [5.41, 5.74) is 0.0572.